The number of alkyl halides is 1. The molecular formula is C14H18ClN3O2. The second-order valence-electron chi connectivity index (χ2n) is 5.20. The van der Waals surface area contributed by atoms with Gasteiger partial charge in [-0.3, -0.25) is 4.79 Å². The van der Waals surface area contributed by atoms with Gasteiger partial charge in [-0.2, -0.15) is 0 Å². The highest BCUT2D eigenvalue weighted by Crippen LogP contribution is 2.26. The number of anilines is 2. The maximum Gasteiger partial charge on any atom is 0.227 e. The molecule has 20 heavy (non-hydrogen) atoms. The lowest BCUT2D eigenvalue weighted by Crippen LogP contribution is -2.36. The van der Waals surface area contributed by atoms with E-state index in [2.05, 4.69) is 9.88 Å². The second-order valence-corrected chi connectivity index (χ2v) is 5.51. The number of amides is 1. The van der Waals surface area contributed by atoms with Crippen LogP contribution >= 0.6 is 11.6 Å². The molecule has 0 radical (unpaired) electrons. The van der Waals surface area contributed by atoms with Gasteiger partial charge >= 0.3 is 0 Å². The number of hydrogen-bond acceptors (Lipinski definition) is 4. The van der Waals surface area contributed by atoms with E-state index in [9.17, 15) is 4.79 Å². The normalized spacial score (nSPS) is 23.4. The molecular weight excluding hydrogens is 278 g/mol. The summed E-state index contributed by atoms with van der Waals surface area (Å²) in [5, 5.41) is 0. The quantitative estimate of drug-likeness (QED) is 0.793. The first kappa shape index (κ1) is 13.6. The van der Waals surface area contributed by atoms with E-state index in [0.29, 0.717) is 18.8 Å². The largest absolute Gasteiger partial charge is 0.378 e. The fraction of sp³-hybridized carbons (Fsp3) is 0.571. The van der Waals surface area contributed by atoms with Crippen LogP contribution in [-0.4, -0.2) is 49.6 Å². The van der Waals surface area contributed by atoms with Crippen LogP contribution < -0.4 is 9.80 Å². The van der Waals surface area contributed by atoms with Crippen LogP contribution in [0.25, 0.3) is 0 Å². The molecule has 5 nitrogen and oxygen atoms in total. The smallest absolute Gasteiger partial charge is 0.227 e. The summed E-state index contributed by atoms with van der Waals surface area (Å²) in [4.78, 5) is 20.4. The molecule has 2 saturated heterocycles. The minimum Gasteiger partial charge on any atom is -0.378 e. The Morgan fingerprint density at radius 1 is 1.35 bits per heavy atom. The van der Waals surface area contributed by atoms with Crippen LogP contribution in [0, 0.1) is 5.92 Å². The lowest BCUT2D eigenvalue weighted by atomic mass is 10.1. The molecule has 2 aliphatic heterocycles. The van der Waals surface area contributed by atoms with E-state index < -0.39 is 0 Å². The van der Waals surface area contributed by atoms with Gasteiger partial charge in [0.05, 0.1) is 25.1 Å². The molecule has 2 fully saturated rings. The summed E-state index contributed by atoms with van der Waals surface area (Å²) in [6.45, 7) is 3.91. The Morgan fingerprint density at radius 3 is 2.75 bits per heavy atom. The molecule has 1 aromatic rings. The second kappa shape index (κ2) is 5.97. The van der Waals surface area contributed by atoms with Crippen molar-refractivity contribution in [3.63, 3.8) is 0 Å². The van der Waals surface area contributed by atoms with Gasteiger partial charge in [-0.25, -0.2) is 4.98 Å². The highest BCUT2D eigenvalue weighted by molar-refractivity contribution is 6.18. The van der Waals surface area contributed by atoms with E-state index in [-0.39, 0.29) is 11.8 Å². The van der Waals surface area contributed by atoms with Crippen LogP contribution in [0.4, 0.5) is 11.5 Å². The van der Waals surface area contributed by atoms with Crippen molar-refractivity contribution in [1.82, 2.24) is 4.98 Å². The number of aromatic nitrogens is 1. The van der Waals surface area contributed by atoms with Crippen molar-refractivity contribution in [2.24, 2.45) is 5.92 Å². The fourth-order valence-corrected chi connectivity index (χ4v) is 2.86. The first-order chi connectivity index (χ1) is 9.78. The predicted octanol–water partition coefficient (Wildman–Crippen LogP) is 1.51. The van der Waals surface area contributed by atoms with Gasteiger partial charge in [0.15, 0.2) is 0 Å². The van der Waals surface area contributed by atoms with E-state index in [4.69, 9.17) is 16.3 Å². The first-order valence-corrected chi connectivity index (χ1v) is 7.46. The fourth-order valence-electron chi connectivity index (χ4n) is 2.65. The summed E-state index contributed by atoms with van der Waals surface area (Å²) in [7, 11) is 0. The Bertz CT molecular complexity index is 474. The van der Waals surface area contributed by atoms with Crippen LogP contribution in [0.15, 0.2) is 18.3 Å². The zero-order valence-corrected chi connectivity index (χ0v) is 12.1. The van der Waals surface area contributed by atoms with Gasteiger partial charge in [-0.1, -0.05) is 0 Å². The zero-order chi connectivity index (χ0) is 13.9. The Hall–Kier alpha value is -1.33. The maximum absolute atomic E-state index is 11.9. The average molecular weight is 296 g/mol. The number of ether oxygens (including phenoxy) is 1. The van der Waals surface area contributed by atoms with Gasteiger partial charge in [0.1, 0.15) is 5.82 Å². The monoisotopic (exact) mass is 295 g/mol. The first-order valence-electron chi connectivity index (χ1n) is 6.93. The van der Waals surface area contributed by atoms with Gasteiger partial charge in [0.25, 0.3) is 0 Å². The van der Waals surface area contributed by atoms with Gasteiger partial charge in [0.2, 0.25) is 5.91 Å². The van der Waals surface area contributed by atoms with Crippen molar-refractivity contribution in [3.05, 3.63) is 18.3 Å². The van der Waals surface area contributed by atoms with Crippen molar-refractivity contribution in [1.29, 1.82) is 0 Å². The van der Waals surface area contributed by atoms with Crippen LogP contribution in [-0.2, 0) is 9.53 Å². The van der Waals surface area contributed by atoms with E-state index >= 15 is 0 Å². The Labute approximate surface area is 123 Å². The zero-order valence-electron chi connectivity index (χ0n) is 11.3. The molecule has 0 aromatic carbocycles. The van der Waals surface area contributed by atoms with E-state index in [1.165, 1.54) is 0 Å². The summed E-state index contributed by atoms with van der Waals surface area (Å²) in [6.07, 6.45) is 2.31. The van der Waals surface area contributed by atoms with Crippen molar-refractivity contribution in [2.75, 3.05) is 48.5 Å². The third-order valence-electron chi connectivity index (χ3n) is 3.80. The number of hydrogen-bond donors (Lipinski definition) is 0. The van der Waals surface area contributed by atoms with E-state index in [0.717, 1.165) is 37.8 Å². The molecule has 1 atom stereocenters. The Kier molecular flexibility index (Phi) is 4.08. The van der Waals surface area contributed by atoms with E-state index in [1.807, 2.05) is 12.1 Å². The topological polar surface area (TPSA) is 45.7 Å². The number of nitrogens with zero attached hydrogens (tertiary/aromatic N) is 3. The van der Waals surface area contributed by atoms with Crippen molar-refractivity contribution < 1.29 is 9.53 Å². The molecule has 6 heteroatoms. The SMILES string of the molecule is O=C1CC(CCl)CN1c1ccc(N2CCOCC2)nc1. The third kappa shape index (κ3) is 2.74. The average Bonchev–Trinajstić information content (AvgIpc) is 2.89. The van der Waals surface area contributed by atoms with Crippen LogP contribution in [0.1, 0.15) is 6.42 Å². The lowest BCUT2D eigenvalue weighted by Gasteiger charge is -2.28. The van der Waals surface area contributed by atoms with Gasteiger partial charge in [0, 0.05) is 31.9 Å². The summed E-state index contributed by atoms with van der Waals surface area (Å²) < 4.78 is 5.33. The van der Waals surface area contributed by atoms with Crippen molar-refractivity contribution in [2.45, 2.75) is 6.42 Å². The predicted molar refractivity (Wildman–Crippen MR) is 78.4 cm³/mol. The highest BCUT2D eigenvalue weighted by Gasteiger charge is 2.30. The summed E-state index contributed by atoms with van der Waals surface area (Å²) in [5.41, 5.74) is 0.861. The third-order valence-corrected chi connectivity index (χ3v) is 4.24. The lowest BCUT2D eigenvalue weighted by molar-refractivity contribution is -0.117. The minimum absolute atomic E-state index is 0.136. The number of carbonyl (C=O) groups excluding carboxylic acids is 1. The molecule has 1 amide bonds. The molecule has 3 heterocycles. The molecule has 0 spiro atoms. The Morgan fingerprint density at radius 2 is 2.15 bits per heavy atom. The summed E-state index contributed by atoms with van der Waals surface area (Å²) in [5.74, 6) is 1.86. The number of morpholine rings is 1. The Balaban J connectivity index is 1.71. The van der Waals surface area contributed by atoms with Gasteiger partial charge in [-0.05, 0) is 18.1 Å². The van der Waals surface area contributed by atoms with Crippen molar-refractivity contribution in [3.8, 4) is 0 Å². The highest BCUT2D eigenvalue weighted by atomic mass is 35.5. The summed E-state index contributed by atoms with van der Waals surface area (Å²) >= 11 is 5.84. The molecule has 3 rings (SSSR count). The molecule has 0 N–H and O–H groups in total. The van der Waals surface area contributed by atoms with Gasteiger partial charge < -0.3 is 14.5 Å². The van der Waals surface area contributed by atoms with Crippen LogP contribution in [0.5, 0.6) is 0 Å². The number of rotatable bonds is 3. The number of halogens is 1. The molecule has 1 aromatic heterocycles. The molecule has 2 aliphatic rings. The van der Waals surface area contributed by atoms with Crippen LogP contribution in [0.3, 0.4) is 0 Å². The number of pyridine rings is 1. The summed E-state index contributed by atoms with van der Waals surface area (Å²) in [6, 6.07) is 3.94. The molecule has 1 unspecified atom stereocenters. The number of carbonyl (C=O) groups is 1. The van der Waals surface area contributed by atoms with Crippen molar-refractivity contribution >= 4 is 29.0 Å². The van der Waals surface area contributed by atoms with Crippen LogP contribution in [0.2, 0.25) is 0 Å². The standard InChI is InChI=1S/C14H18ClN3O2/c15-8-11-7-14(19)18(10-11)12-1-2-13(16-9-12)17-3-5-20-6-4-17/h1-2,9,11H,3-8,10H2. The molecule has 0 bridgehead atoms. The maximum atomic E-state index is 11.9. The molecule has 0 aliphatic carbocycles. The minimum atomic E-state index is 0.136. The molecule has 108 valence electrons. The van der Waals surface area contributed by atoms with Gasteiger partial charge in [-0.15, -0.1) is 11.6 Å². The van der Waals surface area contributed by atoms with E-state index in [1.54, 1.807) is 11.1 Å². The molecule has 0 saturated carbocycles.